The summed E-state index contributed by atoms with van der Waals surface area (Å²) in [4.78, 5) is 5.37. The average Bonchev–Trinajstić information content (AvgIpc) is 3.80. The molecule has 0 saturated heterocycles. The van der Waals surface area contributed by atoms with E-state index in [0.29, 0.717) is 0 Å². The van der Waals surface area contributed by atoms with Crippen molar-refractivity contribution in [3.05, 3.63) is 189 Å². The fourth-order valence-corrected chi connectivity index (χ4v) is 13.4. The van der Waals surface area contributed by atoms with E-state index in [0.717, 1.165) is 0 Å². The fourth-order valence-electron chi connectivity index (χ4n) is 13.4. The summed E-state index contributed by atoms with van der Waals surface area (Å²) in [5.41, 5.74) is 30.8. The lowest BCUT2D eigenvalue weighted by atomic mass is 9.33. The van der Waals surface area contributed by atoms with Gasteiger partial charge in [0, 0.05) is 44.6 Å². The molecular weight excluding hydrogens is 906 g/mol. The van der Waals surface area contributed by atoms with Gasteiger partial charge in [-0.2, -0.15) is 0 Å². The maximum Gasteiger partial charge on any atom is 0.252 e. The van der Waals surface area contributed by atoms with Crippen LogP contribution >= 0.6 is 0 Å². The first-order chi connectivity index (χ1) is 35.1. The summed E-state index contributed by atoms with van der Waals surface area (Å²) in [7, 11) is 0. The molecule has 0 saturated carbocycles. The molecule has 9 aromatic rings. The second-order valence-corrected chi connectivity index (χ2v) is 27.4. The van der Waals surface area contributed by atoms with Crippen LogP contribution in [0.15, 0.2) is 133 Å². The van der Waals surface area contributed by atoms with Gasteiger partial charge < -0.3 is 14.4 Å². The van der Waals surface area contributed by atoms with Crippen molar-refractivity contribution >= 4 is 79.0 Å². The molecule has 4 heteroatoms. The van der Waals surface area contributed by atoms with Gasteiger partial charge in [-0.1, -0.05) is 182 Å². The van der Waals surface area contributed by atoms with E-state index in [2.05, 4.69) is 272 Å². The number of benzene rings is 8. The second kappa shape index (κ2) is 16.1. The first-order valence-electron chi connectivity index (χ1n) is 27.6. The van der Waals surface area contributed by atoms with Crippen LogP contribution in [0.4, 0.5) is 34.1 Å². The molecule has 1 aromatic heterocycles. The standard InChI is InChI=1S/C71H76BN3/c1-41-22-21-23-42(2)65(41)74-58-31-27-45(67(5,6)7)34-52(58)53-39-57-61(40-59(53)74)73(49-28-29-51-50-24-19-20-25-54(50)71(17,18)55(51)38-49)62-36-48(70(14,15)16)37-63-64(62)72(57)56-30-26-46(68(8,9)10)35-60(56)75(63)66-43(3)32-47(33-44(66)4)69(11,12)13/h19-40H,1-18H3. The summed E-state index contributed by atoms with van der Waals surface area (Å²) in [5, 5.41) is 2.59. The van der Waals surface area contributed by atoms with Crippen LogP contribution in [0.1, 0.15) is 153 Å². The number of rotatable bonds is 3. The Morgan fingerprint density at radius 1 is 0.387 bits per heavy atom. The number of fused-ring (bicyclic) bond motifs is 10. The van der Waals surface area contributed by atoms with Crippen LogP contribution in [0.5, 0.6) is 0 Å². The van der Waals surface area contributed by atoms with E-state index >= 15 is 0 Å². The maximum absolute atomic E-state index is 2.69. The van der Waals surface area contributed by atoms with Crippen molar-refractivity contribution in [1.82, 2.24) is 4.57 Å². The third-order valence-corrected chi connectivity index (χ3v) is 17.6. The van der Waals surface area contributed by atoms with Crippen LogP contribution in [0.3, 0.4) is 0 Å². The first kappa shape index (κ1) is 49.1. The van der Waals surface area contributed by atoms with E-state index in [9.17, 15) is 0 Å². The Balaban J connectivity index is 1.26. The highest BCUT2D eigenvalue weighted by Crippen LogP contribution is 2.53. The normalized spacial score (nSPS) is 14.8. The van der Waals surface area contributed by atoms with E-state index in [1.807, 2.05) is 0 Å². The Bertz CT molecular complexity index is 3860. The molecular formula is C71H76BN3. The van der Waals surface area contributed by atoms with Gasteiger partial charge in [-0.05, 0) is 181 Å². The minimum Gasteiger partial charge on any atom is -0.311 e. The number of para-hydroxylation sites is 1. The molecule has 3 heterocycles. The molecule has 2 aliphatic heterocycles. The smallest absolute Gasteiger partial charge is 0.252 e. The molecule has 0 bridgehead atoms. The van der Waals surface area contributed by atoms with E-state index in [1.54, 1.807) is 0 Å². The predicted molar refractivity (Wildman–Crippen MR) is 326 cm³/mol. The Morgan fingerprint density at radius 2 is 0.920 bits per heavy atom. The number of hydrogen-bond donors (Lipinski definition) is 0. The number of hydrogen-bond acceptors (Lipinski definition) is 2. The summed E-state index contributed by atoms with van der Waals surface area (Å²) < 4.78 is 2.59. The Hall–Kier alpha value is -6.78. The molecule has 0 radical (unpaired) electrons. The van der Waals surface area contributed by atoms with Crippen molar-refractivity contribution in [2.45, 2.75) is 152 Å². The Labute approximate surface area is 448 Å². The van der Waals surface area contributed by atoms with Gasteiger partial charge >= 0.3 is 0 Å². The molecule has 8 aromatic carbocycles. The minimum absolute atomic E-state index is 0.0136. The molecule has 3 aliphatic rings. The second-order valence-electron chi connectivity index (χ2n) is 27.4. The third kappa shape index (κ3) is 7.35. The maximum atomic E-state index is 2.69. The van der Waals surface area contributed by atoms with Crippen molar-refractivity contribution in [1.29, 1.82) is 0 Å². The zero-order valence-electron chi connectivity index (χ0n) is 48.1. The van der Waals surface area contributed by atoms with E-state index in [1.165, 1.54) is 145 Å². The minimum atomic E-state index is -0.173. The molecule has 378 valence electrons. The highest BCUT2D eigenvalue weighted by molar-refractivity contribution is 7.00. The summed E-state index contributed by atoms with van der Waals surface area (Å²) in [6, 6.07) is 53.2. The number of nitrogens with zero attached hydrogens (tertiary/aromatic N) is 3. The average molecular weight is 982 g/mol. The molecule has 1 aliphatic carbocycles. The van der Waals surface area contributed by atoms with Crippen molar-refractivity contribution < 1.29 is 0 Å². The summed E-state index contributed by atoms with van der Waals surface area (Å²) >= 11 is 0. The van der Waals surface area contributed by atoms with Gasteiger partial charge in [0.1, 0.15) is 0 Å². The van der Waals surface area contributed by atoms with Crippen molar-refractivity contribution in [2.24, 2.45) is 0 Å². The molecule has 0 amide bonds. The summed E-state index contributed by atoms with van der Waals surface area (Å²) in [6.07, 6.45) is 0. The van der Waals surface area contributed by atoms with E-state index in [4.69, 9.17) is 0 Å². The Morgan fingerprint density at radius 3 is 1.56 bits per heavy atom. The van der Waals surface area contributed by atoms with Crippen molar-refractivity contribution in [3.8, 4) is 16.8 Å². The fraction of sp³-hybridized carbons (Fsp3) is 0.324. The number of aryl methyl sites for hydroxylation is 4. The largest absolute Gasteiger partial charge is 0.311 e. The highest BCUT2D eigenvalue weighted by Gasteiger charge is 2.46. The lowest BCUT2D eigenvalue weighted by molar-refractivity contribution is 0.588. The van der Waals surface area contributed by atoms with Crippen LogP contribution in [-0.2, 0) is 27.1 Å². The molecule has 0 spiro atoms. The van der Waals surface area contributed by atoms with Gasteiger partial charge in [0.15, 0.2) is 0 Å². The van der Waals surface area contributed by atoms with Crippen LogP contribution in [0, 0.1) is 27.7 Å². The number of aromatic nitrogens is 1. The quantitative estimate of drug-likeness (QED) is 0.163. The van der Waals surface area contributed by atoms with E-state index < -0.39 is 0 Å². The number of anilines is 6. The topological polar surface area (TPSA) is 11.4 Å². The lowest BCUT2D eigenvalue weighted by Gasteiger charge is -2.46. The zero-order chi connectivity index (χ0) is 53.4. The van der Waals surface area contributed by atoms with Gasteiger partial charge in [0.25, 0.3) is 6.71 Å². The highest BCUT2D eigenvalue weighted by atomic mass is 15.2. The van der Waals surface area contributed by atoms with Crippen molar-refractivity contribution in [3.63, 3.8) is 0 Å². The molecule has 0 fully saturated rings. The van der Waals surface area contributed by atoms with E-state index in [-0.39, 0.29) is 33.8 Å². The van der Waals surface area contributed by atoms with Gasteiger partial charge in [0.2, 0.25) is 0 Å². The molecule has 75 heavy (non-hydrogen) atoms. The molecule has 3 nitrogen and oxygen atoms in total. The first-order valence-corrected chi connectivity index (χ1v) is 27.6. The zero-order valence-corrected chi connectivity index (χ0v) is 48.1. The molecule has 0 unspecified atom stereocenters. The summed E-state index contributed by atoms with van der Waals surface area (Å²) in [6.45, 7) is 42.3. The van der Waals surface area contributed by atoms with Crippen LogP contribution in [0.2, 0.25) is 0 Å². The van der Waals surface area contributed by atoms with Gasteiger partial charge in [0.05, 0.1) is 22.4 Å². The SMILES string of the molecule is Cc1cc(C(C)(C)C)cc(C)c1N1c2cc(C(C)(C)C)ccc2B2c3cc4c5cc(C(C)(C)C)ccc5n(-c5c(C)cccc5C)c4cc3N(c3ccc4c(c3)C(C)(C)c3ccccc3-4)c3cc(C(C)(C)C)cc1c32. The predicted octanol–water partition coefficient (Wildman–Crippen LogP) is 17.6. The molecule has 0 N–H and O–H groups in total. The lowest BCUT2D eigenvalue weighted by Crippen LogP contribution is -2.61. The summed E-state index contributed by atoms with van der Waals surface area (Å²) in [5.74, 6) is 0. The van der Waals surface area contributed by atoms with Crippen LogP contribution < -0.4 is 26.2 Å². The Kier molecular flexibility index (Phi) is 10.6. The van der Waals surface area contributed by atoms with Crippen LogP contribution in [0.25, 0.3) is 38.6 Å². The van der Waals surface area contributed by atoms with Crippen molar-refractivity contribution in [2.75, 3.05) is 9.80 Å². The van der Waals surface area contributed by atoms with Gasteiger partial charge in [-0.25, -0.2) is 0 Å². The third-order valence-electron chi connectivity index (χ3n) is 17.6. The van der Waals surface area contributed by atoms with Gasteiger partial charge in [-0.15, -0.1) is 0 Å². The molecule has 12 rings (SSSR count). The monoisotopic (exact) mass is 982 g/mol. The van der Waals surface area contributed by atoms with Gasteiger partial charge in [-0.3, -0.25) is 0 Å². The molecule has 0 atom stereocenters. The van der Waals surface area contributed by atoms with Crippen LogP contribution in [-0.4, -0.2) is 11.3 Å².